The molecular weight excluding hydrogens is 740 g/mol. The first kappa shape index (κ1) is 49.7. The third-order valence-electron chi connectivity index (χ3n) is 10.2. The molecule has 0 unspecified atom stereocenters. The molecule has 0 atom stereocenters. The standard InChI is InChI=1S/C10H16O4.C9H4O5.C8H12O4.C8H16O2.C4H10O2/c1-14-10(13)8-4-2-7(3-5-8)9(12)6-11;10-7(11)4-1-2-5-6(3-4)9(13)14-8(5)12;9-7(10)5-1-2-6(4-3-5)8(11)12;9-5-7-1-2-8(6-10)4-3-7;5-3-1-2-4-6/h7-8,11H,2-6H2,1H3;1-3H,(H,10,11);5-6H,1-4H2,(H,9,10)(H,11,12);7-10H,1-6H2;5-6H,1-4H2. The van der Waals surface area contributed by atoms with E-state index in [4.69, 9.17) is 40.9 Å². The highest BCUT2D eigenvalue weighted by Crippen LogP contribution is 2.31. The van der Waals surface area contributed by atoms with Crippen LogP contribution in [0.25, 0.3) is 0 Å². The predicted octanol–water partition coefficient (Wildman–Crippen LogP) is 2.71. The van der Waals surface area contributed by atoms with Crippen LogP contribution in [0, 0.1) is 35.5 Å². The van der Waals surface area contributed by atoms with Crippen LogP contribution in [-0.4, -0.2) is 123 Å². The maximum absolute atomic E-state index is 11.2. The summed E-state index contributed by atoms with van der Waals surface area (Å²) in [5, 5.41) is 68.3. The van der Waals surface area contributed by atoms with Gasteiger partial charge in [-0.15, -0.1) is 0 Å². The van der Waals surface area contributed by atoms with Crippen molar-refractivity contribution in [3.05, 3.63) is 34.9 Å². The van der Waals surface area contributed by atoms with Crippen LogP contribution in [0.3, 0.4) is 0 Å². The monoisotopic (exact) mass is 798 g/mol. The Morgan fingerprint density at radius 3 is 1.38 bits per heavy atom. The van der Waals surface area contributed by atoms with Gasteiger partial charge in [0, 0.05) is 32.3 Å². The van der Waals surface area contributed by atoms with Gasteiger partial charge in [0.25, 0.3) is 0 Å². The Labute approximate surface area is 325 Å². The lowest BCUT2D eigenvalue weighted by Crippen LogP contribution is -2.27. The number of unbranched alkanes of at least 4 members (excludes halogenated alkanes) is 1. The molecule has 0 amide bonds. The summed E-state index contributed by atoms with van der Waals surface area (Å²) in [7, 11) is 1.38. The van der Waals surface area contributed by atoms with Crippen molar-refractivity contribution in [1.82, 2.24) is 0 Å². The molecule has 8 N–H and O–H groups in total. The number of benzene rings is 1. The van der Waals surface area contributed by atoms with Crippen molar-refractivity contribution in [2.45, 2.75) is 89.9 Å². The number of aromatic carboxylic acids is 1. The van der Waals surface area contributed by atoms with Gasteiger partial charge in [-0.05, 0) is 120 Å². The van der Waals surface area contributed by atoms with Gasteiger partial charge in [0.15, 0.2) is 5.78 Å². The van der Waals surface area contributed by atoms with E-state index in [-0.39, 0.29) is 71.9 Å². The van der Waals surface area contributed by atoms with Gasteiger partial charge in [0.2, 0.25) is 0 Å². The number of esters is 3. The highest BCUT2D eigenvalue weighted by Gasteiger charge is 2.32. The fourth-order valence-corrected chi connectivity index (χ4v) is 6.57. The number of ether oxygens (including phenoxy) is 2. The minimum absolute atomic E-state index is 0.00917. The van der Waals surface area contributed by atoms with E-state index < -0.39 is 29.8 Å². The van der Waals surface area contributed by atoms with Crippen molar-refractivity contribution in [2.24, 2.45) is 35.5 Å². The molecule has 1 aliphatic heterocycles. The number of Topliss-reactive ketones (excluding diaryl/α,β-unsaturated/α-hetero) is 1. The normalized spacial score (nSPS) is 23.6. The van der Waals surface area contributed by atoms with Crippen LogP contribution >= 0.6 is 0 Å². The van der Waals surface area contributed by atoms with Crippen LogP contribution in [0.2, 0.25) is 0 Å². The number of aliphatic carboxylic acids is 2. The van der Waals surface area contributed by atoms with E-state index in [9.17, 15) is 33.6 Å². The zero-order chi connectivity index (χ0) is 42.2. The summed E-state index contributed by atoms with van der Waals surface area (Å²) in [6, 6.07) is 3.65. The summed E-state index contributed by atoms with van der Waals surface area (Å²) in [5.41, 5.74) is 0.0744. The first-order valence-electron chi connectivity index (χ1n) is 18.9. The molecule has 1 heterocycles. The Morgan fingerprint density at radius 1 is 0.607 bits per heavy atom. The number of ketones is 1. The van der Waals surface area contributed by atoms with Crippen molar-refractivity contribution < 1.29 is 83.9 Å². The SMILES string of the molecule is COC(=O)C1CCC(C(=O)CO)CC1.O=C(O)C1CCC(C(=O)O)CC1.O=C(O)c1ccc2c(c1)C(=O)OC2=O.OCC1CCC(CO)CC1.OCCCCO. The molecule has 0 bridgehead atoms. The molecule has 3 saturated carbocycles. The van der Waals surface area contributed by atoms with E-state index in [1.54, 1.807) is 0 Å². The third kappa shape index (κ3) is 17.7. The molecule has 4 aliphatic rings. The van der Waals surface area contributed by atoms with Gasteiger partial charge in [-0.2, -0.15) is 0 Å². The van der Waals surface area contributed by atoms with Crippen LogP contribution in [0.5, 0.6) is 0 Å². The summed E-state index contributed by atoms with van der Waals surface area (Å²) >= 11 is 0. The van der Waals surface area contributed by atoms with E-state index in [1.807, 2.05) is 0 Å². The summed E-state index contributed by atoms with van der Waals surface area (Å²) in [5.74, 6) is -4.27. The summed E-state index contributed by atoms with van der Waals surface area (Å²) < 4.78 is 8.93. The van der Waals surface area contributed by atoms with E-state index in [0.717, 1.165) is 44.6 Å². The number of aliphatic hydroxyl groups is 5. The Morgan fingerprint density at radius 2 is 1.02 bits per heavy atom. The molecule has 316 valence electrons. The average molecular weight is 799 g/mol. The number of carboxylic acid groups (broad SMARTS) is 3. The minimum atomic E-state index is -1.15. The molecule has 3 aliphatic carbocycles. The Kier molecular flexibility index (Phi) is 24.3. The molecule has 5 rings (SSSR count). The average Bonchev–Trinajstić information content (AvgIpc) is 3.51. The molecule has 1 aromatic carbocycles. The lowest BCUT2D eigenvalue weighted by molar-refractivity contribution is -0.148. The number of hydrogen-bond acceptors (Lipinski definition) is 14. The van der Waals surface area contributed by atoms with Gasteiger partial charge >= 0.3 is 35.8 Å². The van der Waals surface area contributed by atoms with Gasteiger partial charge < -0.3 is 50.3 Å². The molecule has 0 saturated heterocycles. The van der Waals surface area contributed by atoms with E-state index in [2.05, 4.69) is 9.47 Å². The van der Waals surface area contributed by atoms with Gasteiger partial charge in [-0.25, -0.2) is 14.4 Å². The number of hydrogen-bond donors (Lipinski definition) is 8. The summed E-state index contributed by atoms with van der Waals surface area (Å²) in [6.07, 6.45) is 10.6. The lowest BCUT2D eigenvalue weighted by Gasteiger charge is -2.25. The maximum atomic E-state index is 11.2. The van der Waals surface area contributed by atoms with Crippen molar-refractivity contribution in [3.63, 3.8) is 0 Å². The first-order valence-corrected chi connectivity index (χ1v) is 18.9. The molecular formula is C39H58O17. The summed E-state index contributed by atoms with van der Waals surface area (Å²) in [4.78, 5) is 75.8. The molecule has 0 aromatic heterocycles. The quantitative estimate of drug-likeness (QED) is 0.0907. The van der Waals surface area contributed by atoms with Crippen LogP contribution in [0.15, 0.2) is 18.2 Å². The van der Waals surface area contributed by atoms with Gasteiger partial charge in [0.05, 0.1) is 41.6 Å². The number of carboxylic acids is 3. The van der Waals surface area contributed by atoms with E-state index in [1.165, 1.54) is 19.2 Å². The second kappa shape index (κ2) is 27.3. The second-order valence-corrected chi connectivity index (χ2v) is 14.1. The van der Waals surface area contributed by atoms with Gasteiger partial charge in [-0.3, -0.25) is 19.2 Å². The number of rotatable bonds is 11. The van der Waals surface area contributed by atoms with Crippen LogP contribution in [0.4, 0.5) is 0 Å². The number of aliphatic hydroxyl groups excluding tert-OH is 5. The fraction of sp³-hybridized carbons (Fsp3) is 0.667. The second-order valence-electron chi connectivity index (χ2n) is 14.1. The molecule has 3 fully saturated rings. The number of methoxy groups -OCH3 is 1. The Hall–Kier alpha value is -4.29. The van der Waals surface area contributed by atoms with Crippen molar-refractivity contribution in [3.8, 4) is 0 Å². The molecule has 0 radical (unpaired) electrons. The first-order chi connectivity index (χ1) is 26.7. The highest BCUT2D eigenvalue weighted by molar-refractivity contribution is 6.15. The number of cyclic esters (lactones) is 2. The molecule has 0 spiro atoms. The third-order valence-corrected chi connectivity index (χ3v) is 10.2. The number of carbonyl (C=O) groups is 7. The van der Waals surface area contributed by atoms with E-state index in [0.29, 0.717) is 76.4 Å². The van der Waals surface area contributed by atoms with E-state index >= 15 is 0 Å². The highest BCUT2D eigenvalue weighted by atomic mass is 16.6. The largest absolute Gasteiger partial charge is 0.481 e. The lowest BCUT2D eigenvalue weighted by atomic mass is 9.80. The minimum Gasteiger partial charge on any atom is -0.481 e. The molecule has 1 aromatic rings. The molecule has 17 heteroatoms. The van der Waals surface area contributed by atoms with Crippen LogP contribution in [-0.2, 0) is 28.7 Å². The fourth-order valence-electron chi connectivity index (χ4n) is 6.57. The predicted molar refractivity (Wildman–Crippen MR) is 196 cm³/mol. The van der Waals surface area contributed by atoms with Crippen LogP contribution in [0.1, 0.15) is 121 Å². The number of carbonyl (C=O) groups excluding carboxylic acids is 4. The Balaban J connectivity index is 0.000000359. The topological polar surface area (TPSA) is 300 Å². The zero-order valence-corrected chi connectivity index (χ0v) is 31.9. The van der Waals surface area contributed by atoms with Crippen molar-refractivity contribution in [2.75, 3.05) is 40.1 Å². The van der Waals surface area contributed by atoms with Gasteiger partial charge in [0.1, 0.15) is 6.61 Å². The zero-order valence-electron chi connectivity index (χ0n) is 31.9. The smallest absolute Gasteiger partial charge is 0.346 e. The molecule has 56 heavy (non-hydrogen) atoms. The molecule has 17 nitrogen and oxygen atoms in total. The summed E-state index contributed by atoms with van der Waals surface area (Å²) in [6.45, 7) is 0.672. The van der Waals surface area contributed by atoms with Crippen molar-refractivity contribution in [1.29, 1.82) is 0 Å². The van der Waals surface area contributed by atoms with Crippen molar-refractivity contribution >= 4 is 41.6 Å². The number of fused-ring (bicyclic) bond motifs is 1. The van der Waals surface area contributed by atoms with Gasteiger partial charge in [-0.1, -0.05) is 0 Å². The Bertz CT molecular complexity index is 1340. The maximum Gasteiger partial charge on any atom is 0.346 e. The van der Waals surface area contributed by atoms with Crippen LogP contribution < -0.4 is 0 Å².